The number of aryl methyl sites for hydroxylation is 2. The first-order valence-corrected chi connectivity index (χ1v) is 7.90. The van der Waals surface area contributed by atoms with Crippen molar-refractivity contribution < 1.29 is 9.90 Å². The van der Waals surface area contributed by atoms with Crippen LogP contribution < -0.4 is 0 Å². The van der Waals surface area contributed by atoms with Gasteiger partial charge in [-0.25, -0.2) is 4.98 Å². The monoisotopic (exact) mass is 309 g/mol. The molecule has 0 amide bonds. The number of nitrogens with one attached hydrogen (secondary N) is 1. The molecule has 2 atom stereocenters. The average Bonchev–Trinajstić information content (AvgIpc) is 3.11. The summed E-state index contributed by atoms with van der Waals surface area (Å²) in [7, 11) is 0. The maximum absolute atomic E-state index is 13.1. The summed E-state index contributed by atoms with van der Waals surface area (Å²) in [5.74, 6) is 0.326. The quantitative estimate of drug-likeness (QED) is 0.764. The smallest absolute Gasteiger partial charge is 0.185 e. The van der Waals surface area contributed by atoms with E-state index in [9.17, 15) is 9.90 Å². The van der Waals surface area contributed by atoms with Gasteiger partial charge in [-0.15, -0.1) is 0 Å². The van der Waals surface area contributed by atoms with Crippen LogP contribution in [-0.2, 0) is 6.42 Å². The number of imidazole rings is 1. The molecule has 3 heterocycles. The van der Waals surface area contributed by atoms with Gasteiger partial charge in [0.15, 0.2) is 5.78 Å². The van der Waals surface area contributed by atoms with E-state index in [0.29, 0.717) is 12.1 Å². The van der Waals surface area contributed by atoms with Crippen molar-refractivity contribution in [3.63, 3.8) is 0 Å². The number of aromatic amines is 1. The number of nitrogens with zero attached hydrogens (tertiary/aromatic N) is 2. The van der Waals surface area contributed by atoms with Gasteiger partial charge in [0.2, 0.25) is 0 Å². The summed E-state index contributed by atoms with van der Waals surface area (Å²) in [5.41, 5.74) is 4.69. The number of rotatable bonds is 2. The first-order chi connectivity index (χ1) is 11.1. The molecule has 0 radical (unpaired) electrons. The Bertz CT molecular complexity index is 906. The van der Waals surface area contributed by atoms with Crippen molar-refractivity contribution in [3.8, 4) is 0 Å². The Morgan fingerprint density at radius 2 is 2.22 bits per heavy atom. The normalized spacial score (nSPS) is 19.1. The predicted molar refractivity (Wildman–Crippen MR) is 86.6 cm³/mol. The number of aliphatic hydroxyl groups excluding tert-OH is 1. The molecule has 118 valence electrons. The summed E-state index contributed by atoms with van der Waals surface area (Å²) < 4.78 is 1.96. The number of Topliss-reactive ketones (excluding diaryl/α,β-unsaturated/α-hetero) is 1. The van der Waals surface area contributed by atoms with Crippen LogP contribution in [0.15, 0.2) is 30.6 Å². The van der Waals surface area contributed by atoms with Gasteiger partial charge < -0.3 is 14.5 Å². The molecule has 0 bridgehead atoms. The zero-order valence-corrected chi connectivity index (χ0v) is 13.2. The average molecular weight is 309 g/mol. The van der Waals surface area contributed by atoms with Gasteiger partial charge in [0.1, 0.15) is 11.9 Å². The Labute approximate surface area is 134 Å². The lowest BCUT2D eigenvalue weighted by Crippen LogP contribution is -2.29. The second kappa shape index (κ2) is 5.06. The van der Waals surface area contributed by atoms with Crippen molar-refractivity contribution in [1.82, 2.24) is 14.4 Å². The minimum absolute atomic E-state index is 0.0142. The van der Waals surface area contributed by atoms with E-state index in [0.717, 1.165) is 29.0 Å². The van der Waals surface area contributed by atoms with E-state index < -0.39 is 12.0 Å². The van der Waals surface area contributed by atoms with Crippen molar-refractivity contribution >= 4 is 11.3 Å². The lowest BCUT2D eigenvalue weighted by Gasteiger charge is -2.25. The Balaban J connectivity index is 1.79. The SMILES string of the molecule is Cc1ncc(C(O)C2CCc3c(C)c4ccccn4c3C2=O)[nH]1. The third kappa shape index (κ3) is 2.04. The maximum Gasteiger partial charge on any atom is 0.185 e. The highest BCUT2D eigenvalue weighted by molar-refractivity contribution is 6.01. The second-order valence-electron chi connectivity index (χ2n) is 6.29. The van der Waals surface area contributed by atoms with Crippen molar-refractivity contribution in [2.24, 2.45) is 5.92 Å². The van der Waals surface area contributed by atoms with Gasteiger partial charge in [-0.05, 0) is 49.9 Å². The molecule has 3 aromatic rings. The number of aromatic nitrogens is 3. The molecule has 0 fully saturated rings. The molecule has 5 heteroatoms. The van der Waals surface area contributed by atoms with E-state index in [2.05, 4.69) is 16.9 Å². The van der Waals surface area contributed by atoms with E-state index in [4.69, 9.17) is 0 Å². The molecule has 0 saturated heterocycles. The highest BCUT2D eigenvalue weighted by Crippen LogP contribution is 2.37. The van der Waals surface area contributed by atoms with Crippen LogP contribution >= 0.6 is 0 Å². The molecule has 2 N–H and O–H groups in total. The van der Waals surface area contributed by atoms with E-state index in [1.165, 1.54) is 5.56 Å². The van der Waals surface area contributed by atoms with Crippen LogP contribution in [0.5, 0.6) is 0 Å². The number of carbonyl (C=O) groups excluding carboxylic acids is 1. The fraction of sp³-hybridized carbons (Fsp3) is 0.333. The van der Waals surface area contributed by atoms with Crippen molar-refractivity contribution in [2.45, 2.75) is 32.8 Å². The van der Waals surface area contributed by atoms with Gasteiger partial charge in [0.05, 0.1) is 23.5 Å². The number of aliphatic hydroxyl groups is 1. The van der Waals surface area contributed by atoms with Crippen molar-refractivity contribution in [3.05, 3.63) is 58.9 Å². The molecular formula is C18H19N3O2. The van der Waals surface area contributed by atoms with E-state index >= 15 is 0 Å². The molecule has 5 nitrogen and oxygen atoms in total. The van der Waals surface area contributed by atoms with E-state index in [1.807, 2.05) is 35.7 Å². The largest absolute Gasteiger partial charge is 0.386 e. The molecule has 0 aliphatic heterocycles. The maximum atomic E-state index is 13.1. The number of H-pyrrole nitrogens is 1. The molecule has 0 aromatic carbocycles. The molecule has 0 saturated carbocycles. The Morgan fingerprint density at radius 1 is 1.39 bits per heavy atom. The Kier molecular flexibility index (Phi) is 3.13. The van der Waals surface area contributed by atoms with E-state index in [-0.39, 0.29) is 5.78 Å². The molecular weight excluding hydrogens is 290 g/mol. The number of pyridine rings is 1. The first kappa shape index (κ1) is 14.2. The van der Waals surface area contributed by atoms with Gasteiger partial charge in [0, 0.05) is 11.7 Å². The van der Waals surface area contributed by atoms with Crippen LogP contribution in [-0.4, -0.2) is 25.3 Å². The van der Waals surface area contributed by atoms with Crippen LogP contribution in [0.2, 0.25) is 0 Å². The second-order valence-corrected chi connectivity index (χ2v) is 6.29. The number of hydrogen-bond donors (Lipinski definition) is 2. The van der Waals surface area contributed by atoms with Crippen LogP contribution in [0.4, 0.5) is 0 Å². The standard InChI is InChI=1S/C18H19N3O2/c1-10-12-6-7-13(17(22)14-9-19-11(2)20-14)18(23)16(12)21-8-4-3-5-15(10)21/h3-5,8-9,13,17,22H,6-7H2,1-2H3,(H,19,20). The summed E-state index contributed by atoms with van der Waals surface area (Å²) in [5, 5.41) is 10.6. The summed E-state index contributed by atoms with van der Waals surface area (Å²) in [6.45, 7) is 3.90. The molecule has 1 aliphatic carbocycles. The van der Waals surface area contributed by atoms with Gasteiger partial charge in [-0.2, -0.15) is 0 Å². The zero-order valence-electron chi connectivity index (χ0n) is 13.2. The zero-order chi connectivity index (χ0) is 16.1. The van der Waals surface area contributed by atoms with Crippen LogP contribution in [0.3, 0.4) is 0 Å². The fourth-order valence-electron chi connectivity index (χ4n) is 3.71. The van der Waals surface area contributed by atoms with Crippen molar-refractivity contribution in [2.75, 3.05) is 0 Å². The summed E-state index contributed by atoms with van der Waals surface area (Å²) in [6.07, 6.45) is 4.16. The molecule has 0 spiro atoms. The third-order valence-corrected chi connectivity index (χ3v) is 4.92. The van der Waals surface area contributed by atoms with Gasteiger partial charge in [-0.3, -0.25) is 4.79 Å². The number of hydrogen-bond acceptors (Lipinski definition) is 3. The lowest BCUT2D eigenvalue weighted by molar-refractivity contribution is 0.0619. The fourth-order valence-corrected chi connectivity index (χ4v) is 3.71. The lowest BCUT2D eigenvalue weighted by atomic mass is 9.81. The van der Waals surface area contributed by atoms with Gasteiger partial charge in [-0.1, -0.05) is 6.07 Å². The Hall–Kier alpha value is -2.40. The minimum Gasteiger partial charge on any atom is -0.386 e. The van der Waals surface area contributed by atoms with Crippen LogP contribution in [0.25, 0.3) is 5.52 Å². The van der Waals surface area contributed by atoms with Gasteiger partial charge in [0.25, 0.3) is 0 Å². The molecule has 23 heavy (non-hydrogen) atoms. The number of carbonyl (C=O) groups is 1. The summed E-state index contributed by atoms with van der Waals surface area (Å²) in [4.78, 5) is 20.2. The molecule has 3 aromatic heterocycles. The summed E-state index contributed by atoms with van der Waals surface area (Å²) in [6, 6.07) is 5.95. The molecule has 4 rings (SSSR count). The molecule has 1 aliphatic rings. The van der Waals surface area contributed by atoms with Crippen molar-refractivity contribution in [1.29, 1.82) is 0 Å². The van der Waals surface area contributed by atoms with Gasteiger partial charge >= 0.3 is 0 Å². The van der Waals surface area contributed by atoms with E-state index in [1.54, 1.807) is 6.20 Å². The summed E-state index contributed by atoms with van der Waals surface area (Å²) >= 11 is 0. The number of fused-ring (bicyclic) bond motifs is 3. The third-order valence-electron chi connectivity index (χ3n) is 4.92. The Morgan fingerprint density at radius 3 is 2.96 bits per heavy atom. The first-order valence-electron chi connectivity index (χ1n) is 7.90. The predicted octanol–water partition coefficient (Wildman–Crippen LogP) is 2.76. The highest BCUT2D eigenvalue weighted by atomic mass is 16.3. The minimum atomic E-state index is -0.841. The highest BCUT2D eigenvalue weighted by Gasteiger charge is 2.37. The van der Waals surface area contributed by atoms with Crippen LogP contribution in [0, 0.1) is 19.8 Å². The van der Waals surface area contributed by atoms with Crippen LogP contribution in [0.1, 0.15) is 45.7 Å². The molecule has 2 unspecified atom stereocenters. The topological polar surface area (TPSA) is 70.4 Å². The number of ketones is 1.